The molecular weight excluding hydrogens is 306 g/mol. The van der Waals surface area contributed by atoms with Crippen LogP contribution in [0.1, 0.15) is 50.5 Å². The second-order valence-corrected chi connectivity index (χ2v) is 9.40. The molecule has 0 bridgehead atoms. The van der Waals surface area contributed by atoms with Gasteiger partial charge in [-0.3, -0.25) is 0 Å². The third-order valence-corrected chi connectivity index (χ3v) is 7.00. The van der Waals surface area contributed by atoms with Crippen molar-refractivity contribution in [2.75, 3.05) is 6.26 Å². The van der Waals surface area contributed by atoms with E-state index in [0.29, 0.717) is 5.41 Å². The highest BCUT2D eigenvalue weighted by Gasteiger charge is 2.84. The molecule has 1 aromatic carbocycles. The topological polar surface area (TPSA) is 46.5 Å². The molecule has 3 fully saturated rings. The third kappa shape index (κ3) is 2.37. The lowest BCUT2D eigenvalue weighted by Crippen LogP contribution is -2.15. The van der Waals surface area contributed by atoms with Crippen molar-refractivity contribution in [1.82, 2.24) is 0 Å². The summed E-state index contributed by atoms with van der Waals surface area (Å²) in [7, 11) is -3.33. The van der Waals surface area contributed by atoms with Crippen molar-refractivity contribution < 1.29 is 8.42 Å². The molecule has 1 aromatic rings. The Bertz CT molecular complexity index is 711. The van der Waals surface area contributed by atoms with E-state index in [2.05, 4.69) is 28.7 Å². The first-order valence-corrected chi connectivity index (χ1v) is 10.7. The normalized spacial score (nSPS) is 39.7. The number of hydrogen-bond acceptors (Lipinski definition) is 2. The van der Waals surface area contributed by atoms with Gasteiger partial charge in [0.25, 0.3) is 0 Å². The second kappa shape index (κ2) is 5.17. The summed E-state index contributed by atoms with van der Waals surface area (Å²) in [6.07, 6.45) is 12.0. The van der Waals surface area contributed by atoms with E-state index in [1.54, 1.807) is 6.21 Å². The molecule has 0 radical (unpaired) electrons. The molecule has 23 heavy (non-hydrogen) atoms. The van der Waals surface area contributed by atoms with Gasteiger partial charge in [-0.1, -0.05) is 56.0 Å². The first-order chi connectivity index (χ1) is 11.0. The van der Waals surface area contributed by atoms with Crippen LogP contribution in [0.2, 0.25) is 0 Å². The first kappa shape index (κ1) is 15.4. The van der Waals surface area contributed by atoms with Crippen LogP contribution in [0, 0.1) is 17.3 Å². The Morgan fingerprint density at radius 1 is 1.04 bits per heavy atom. The standard InChI is InChI=1S/C19H25NO2S/c1-23(21,22)20-14-18(15-9-5-4-6-10-15)13-19(18)16-11-7-2-3-8-12-17(16)19/h4-6,9-10,14,16-17H,2-3,7-8,11-13H2,1H3/b20-14+. The van der Waals surface area contributed by atoms with E-state index in [-0.39, 0.29) is 5.41 Å². The van der Waals surface area contributed by atoms with Crippen molar-refractivity contribution >= 4 is 16.2 Å². The van der Waals surface area contributed by atoms with E-state index in [4.69, 9.17) is 0 Å². The zero-order valence-electron chi connectivity index (χ0n) is 13.7. The number of benzene rings is 1. The first-order valence-electron chi connectivity index (χ1n) is 8.82. The van der Waals surface area contributed by atoms with Crippen LogP contribution in [-0.2, 0) is 15.4 Å². The van der Waals surface area contributed by atoms with Crippen molar-refractivity contribution in [3.05, 3.63) is 35.9 Å². The van der Waals surface area contributed by atoms with E-state index in [9.17, 15) is 8.42 Å². The van der Waals surface area contributed by atoms with Crippen LogP contribution >= 0.6 is 0 Å². The Labute approximate surface area is 139 Å². The number of nitrogens with zero attached hydrogens (tertiary/aromatic N) is 1. The summed E-state index contributed by atoms with van der Waals surface area (Å²) in [6, 6.07) is 10.4. The lowest BCUT2D eigenvalue weighted by molar-refractivity contribution is 0.485. The molecule has 124 valence electrons. The zero-order chi connectivity index (χ0) is 16.1. The van der Waals surface area contributed by atoms with E-state index in [1.165, 1.54) is 50.3 Å². The van der Waals surface area contributed by atoms with Gasteiger partial charge in [0.15, 0.2) is 0 Å². The maximum Gasteiger partial charge on any atom is 0.249 e. The molecule has 0 N–H and O–H groups in total. The molecular formula is C19H25NO2S. The molecule has 4 rings (SSSR count). The third-order valence-electron chi connectivity index (χ3n) is 6.51. The number of rotatable bonds is 3. The van der Waals surface area contributed by atoms with Gasteiger partial charge in [-0.15, -0.1) is 0 Å². The SMILES string of the molecule is CS(=O)(=O)/N=C/C1(c2ccccc2)CC12C1CCCCCCC12. The molecule has 3 nitrogen and oxygen atoms in total. The van der Waals surface area contributed by atoms with Crippen LogP contribution in [0.25, 0.3) is 0 Å². The minimum absolute atomic E-state index is 0.142. The van der Waals surface area contributed by atoms with Gasteiger partial charge < -0.3 is 0 Å². The quantitative estimate of drug-likeness (QED) is 0.788. The second-order valence-electron chi connectivity index (χ2n) is 7.73. The molecule has 3 aliphatic carbocycles. The predicted octanol–water partition coefficient (Wildman–Crippen LogP) is 3.95. The fourth-order valence-corrected chi connectivity index (χ4v) is 5.85. The summed E-state index contributed by atoms with van der Waals surface area (Å²) in [6.45, 7) is 0. The molecule has 3 saturated carbocycles. The number of hydrogen-bond donors (Lipinski definition) is 0. The number of sulfonamides is 1. The van der Waals surface area contributed by atoms with E-state index < -0.39 is 10.0 Å². The smallest absolute Gasteiger partial charge is 0.205 e. The maximum absolute atomic E-state index is 11.6. The van der Waals surface area contributed by atoms with E-state index in [1.807, 2.05) is 6.07 Å². The maximum atomic E-state index is 11.6. The average Bonchev–Trinajstić information content (AvgIpc) is 3.32. The summed E-state index contributed by atoms with van der Waals surface area (Å²) in [5.74, 6) is 1.54. The fraction of sp³-hybridized carbons (Fsp3) is 0.632. The number of fused-ring (bicyclic) bond motifs is 3. The molecule has 3 atom stereocenters. The Morgan fingerprint density at radius 2 is 1.65 bits per heavy atom. The van der Waals surface area contributed by atoms with Crippen LogP contribution in [0.3, 0.4) is 0 Å². The monoisotopic (exact) mass is 331 g/mol. The van der Waals surface area contributed by atoms with Gasteiger partial charge in [-0.2, -0.15) is 4.40 Å². The van der Waals surface area contributed by atoms with Crippen molar-refractivity contribution in [2.24, 2.45) is 21.6 Å². The van der Waals surface area contributed by atoms with Crippen LogP contribution < -0.4 is 0 Å². The van der Waals surface area contributed by atoms with Gasteiger partial charge in [-0.25, -0.2) is 8.42 Å². The zero-order valence-corrected chi connectivity index (χ0v) is 14.6. The van der Waals surface area contributed by atoms with Crippen LogP contribution in [0.4, 0.5) is 0 Å². The molecule has 3 aliphatic rings. The highest BCUT2D eigenvalue weighted by molar-refractivity contribution is 7.89. The molecule has 0 saturated heterocycles. The van der Waals surface area contributed by atoms with E-state index in [0.717, 1.165) is 18.3 Å². The molecule has 0 aliphatic heterocycles. The predicted molar refractivity (Wildman–Crippen MR) is 93.2 cm³/mol. The van der Waals surface area contributed by atoms with Crippen molar-refractivity contribution in [1.29, 1.82) is 0 Å². The lowest BCUT2D eigenvalue weighted by Gasteiger charge is -2.13. The molecule has 0 heterocycles. The summed E-state index contributed by atoms with van der Waals surface area (Å²) in [5.41, 5.74) is 1.41. The molecule has 0 aromatic heterocycles. The Kier molecular flexibility index (Phi) is 3.45. The van der Waals surface area contributed by atoms with Gasteiger partial charge in [0.1, 0.15) is 0 Å². The van der Waals surface area contributed by atoms with Gasteiger partial charge in [0, 0.05) is 11.6 Å². The molecule has 1 spiro atoms. The molecule has 4 heteroatoms. The minimum atomic E-state index is -3.33. The van der Waals surface area contributed by atoms with Gasteiger partial charge >= 0.3 is 0 Å². The van der Waals surface area contributed by atoms with E-state index >= 15 is 0 Å². The van der Waals surface area contributed by atoms with Gasteiger partial charge in [0.05, 0.1) is 6.26 Å². The van der Waals surface area contributed by atoms with Crippen molar-refractivity contribution in [3.8, 4) is 0 Å². The summed E-state index contributed by atoms with van der Waals surface area (Å²) in [4.78, 5) is 0. The highest BCUT2D eigenvalue weighted by atomic mass is 32.2. The van der Waals surface area contributed by atoms with Gasteiger partial charge in [-0.05, 0) is 42.1 Å². The minimum Gasteiger partial charge on any atom is -0.205 e. The Hall–Kier alpha value is -1.16. The Morgan fingerprint density at radius 3 is 2.22 bits per heavy atom. The average molecular weight is 331 g/mol. The fourth-order valence-electron chi connectivity index (χ4n) is 5.48. The van der Waals surface area contributed by atoms with Crippen molar-refractivity contribution in [2.45, 2.75) is 50.4 Å². The summed E-state index contributed by atoms with van der Waals surface area (Å²) >= 11 is 0. The Balaban J connectivity index is 1.71. The van der Waals surface area contributed by atoms with Crippen LogP contribution in [0.5, 0.6) is 0 Å². The molecule has 0 amide bonds. The van der Waals surface area contributed by atoms with Crippen LogP contribution in [-0.4, -0.2) is 20.9 Å². The summed E-state index contributed by atoms with van der Waals surface area (Å²) < 4.78 is 27.1. The largest absolute Gasteiger partial charge is 0.249 e. The highest BCUT2D eigenvalue weighted by Crippen LogP contribution is 2.86. The van der Waals surface area contributed by atoms with Gasteiger partial charge in [0.2, 0.25) is 10.0 Å². The van der Waals surface area contributed by atoms with Crippen LogP contribution in [0.15, 0.2) is 34.7 Å². The lowest BCUT2D eigenvalue weighted by atomic mass is 9.91. The molecule has 3 unspecified atom stereocenters. The summed E-state index contributed by atoms with van der Waals surface area (Å²) in [5, 5.41) is 0. The van der Waals surface area contributed by atoms with Crippen molar-refractivity contribution in [3.63, 3.8) is 0 Å².